The normalized spacial score (nSPS) is 29.5. The molecule has 82 valence electrons. The molecule has 1 aliphatic rings. The fourth-order valence-corrected chi connectivity index (χ4v) is 2.00. The van der Waals surface area contributed by atoms with Crippen molar-refractivity contribution >= 4 is 5.78 Å². The Morgan fingerprint density at radius 3 is 2.86 bits per heavy atom. The molecule has 2 atom stereocenters. The molecule has 1 fully saturated rings. The first-order chi connectivity index (χ1) is 6.66. The number of hydrogen-bond donors (Lipinski definition) is 0. The predicted octanol–water partition coefficient (Wildman–Crippen LogP) is 1.32. The van der Waals surface area contributed by atoms with Gasteiger partial charge in [0.2, 0.25) is 0 Å². The van der Waals surface area contributed by atoms with Crippen LogP contribution in [0.2, 0.25) is 0 Å². The van der Waals surface area contributed by atoms with Crippen molar-refractivity contribution in [3.8, 4) is 0 Å². The average Bonchev–Trinajstić information content (AvgIpc) is 2.18. The molecule has 1 aliphatic heterocycles. The van der Waals surface area contributed by atoms with Gasteiger partial charge < -0.3 is 4.74 Å². The molecule has 1 rings (SSSR count). The van der Waals surface area contributed by atoms with Crippen LogP contribution in [-0.2, 0) is 9.53 Å². The lowest BCUT2D eigenvalue weighted by Crippen LogP contribution is -2.47. The molecule has 1 heterocycles. The number of rotatable bonds is 4. The van der Waals surface area contributed by atoms with E-state index in [1.54, 1.807) is 7.11 Å². The molecule has 3 heteroatoms. The molecule has 0 N–H and O–H groups in total. The summed E-state index contributed by atoms with van der Waals surface area (Å²) in [5.74, 6) is 0.617. The first-order valence-corrected chi connectivity index (χ1v) is 5.42. The molecule has 1 saturated heterocycles. The maximum absolute atomic E-state index is 11.4. The number of carbonyl (C=O) groups excluding carboxylic acids is 1. The number of methoxy groups -OCH3 is 1. The van der Waals surface area contributed by atoms with Crippen molar-refractivity contribution in [3.05, 3.63) is 0 Å². The van der Waals surface area contributed by atoms with Gasteiger partial charge in [-0.05, 0) is 13.3 Å². The molecular formula is C11H21NO2. The van der Waals surface area contributed by atoms with Crippen LogP contribution in [-0.4, -0.2) is 43.5 Å². The third kappa shape index (κ3) is 2.79. The first kappa shape index (κ1) is 11.7. The Morgan fingerprint density at radius 1 is 1.50 bits per heavy atom. The summed E-state index contributed by atoms with van der Waals surface area (Å²) in [7, 11) is 1.73. The third-order valence-electron chi connectivity index (χ3n) is 3.25. The van der Waals surface area contributed by atoms with Gasteiger partial charge >= 0.3 is 0 Å². The van der Waals surface area contributed by atoms with Gasteiger partial charge in [0.25, 0.3) is 0 Å². The van der Waals surface area contributed by atoms with Crippen molar-refractivity contribution in [1.29, 1.82) is 0 Å². The van der Waals surface area contributed by atoms with Crippen molar-refractivity contribution in [2.24, 2.45) is 5.92 Å². The second-order valence-corrected chi connectivity index (χ2v) is 4.13. The second-order valence-electron chi connectivity index (χ2n) is 4.13. The molecule has 0 radical (unpaired) electrons. The van der Waals surface area contributed by atoms with Gasteiger partial charge in [-0.1, -0.05) is 6.92 Å². The van der Waals surface area contributed by atoms with Crippen LogP contribution < -0.4 is 0 Å². The predicted molar refractivity (Wildman–Crippen MR) is 56.3 cm³/mol. The Hall–Kier alpha value is -0.410. The van der Waals surface area contributed by atoms with E-state index in [2.05, 4.69) is 11.8 Å². The minimum absolute atomic E-state index is 0.200. The van der Waals surface area contributed by atoms with E-state index in [1.807, 2.05) is 6.92 Å². The smallest absolute Gasteiger partial charge is 0.138 e. The fraction of sp³-hybridized carbons (Fsp3) is 0.909. The highest BCUT2D eigenvalue weighted by Gasteiger charge is 2.29. The Kier molecular flexibility index (Phi) is 4.55. The SMILES string of the molecule is COCCCN1CCC(=O)C(C)C1C. The van der Waals surface area contributed by atoms with Gasteiger partial charge in [0.1, 0.15) is 5.78 Å². The maximum Gasteiger partial charge on any atom is 0.138 e. The molecular weight excluding hydrogens is 178 g/mol. The van der Waals surface area contributed by atoms with Gasteiger partial charge in [-0.3, -0.25) is 9.69 Å². The van der Waals surface area contributed by atoms with Gasteiger partial charge in [-0.15, -0.1) is 0 Å². The Balaban J connectivity index is 2.35. The zero-order chi connectivity index (χ0) is 10.6. The number of hydrogen-bond acceptors (Lipinski definition) is 3. The largest absolute Gasteiger partial charge is 0.385 e. The Morgan fingerprint density at radius 2 is 2.21 bits per heavy atom. The number of ketones is 1. The third-order valence-corrected chi connectivity index (χ3v) is 3.25. The van der Waals surface area contributed by atoms with E-state index < -0.39 is 0 Å². The topological polar surface area (TPSA) is 29.5 Å². The van der Waals surface area contributed by atoms with Gasteiger partial charge in [0, 0.05) is 45.2 Å². The van der Waals surface area contributed by atoms with Crippen LogP contribution in [0.5, 0.6) is 0 Å². The van der Waals surface area contributed by atoms with Crippen LogP contribution in [0.25, 0.3) is 0 Å². The quantitative estimate of drug-likeness (QED) is 0.640. The highest BCUT2D eigenvalue weighted by Crippen LogP contribution is 2.19. The van der Waals surface area contributed by atoms with E-state index in [-0.39, 0.29) is 5.92 Å². The number of ether oxygens (including phenoxy) is 1. The lowest BCUT2D eigenvalue weighted by Gasteiger charge is -2.36. The number of piperidine rings is 1. The van der Waals surface area contributed by atoms with E-state index in [0.717, 1.165) is 32.5 Å². The van der Waals surface area contributed by atoms with E-state index in [0.29, 0.717) is 11.8 Å². The molecule has 0 aromatic carbocycles. The van der Waals surface area contributed by atoms with Gasteiger partial charge in [0.05, 0.1) is 0 Å². The first-order valence-electron chi connectivity index (χ1n) is 5.42. The maximum atomic E-state index is 11.4. The van der Waals surface area contributed by atoms with Crippen LogP contribution in [0, 0.1) is 5.92 Å². The highest BCUT2D eigenvalue weighted by atomic mass is 16.5. The number of nitrogens with zero attached hydrogens (tertiary/aromatic N) is 1. The van der Waals surface area contributed by atoms with Crippen molar-refractivity contribution in [3.63, 3.8) is 0 Å². The Bertz CT molecular complexity index is 194. The highest BCUT2D eigenvalue weighted by molar-refractivity contribution is 5.82. The van der Waals surface area contributed by atoms with Gasteiger partial charge in [0.15, 0.2) is 0 Å². The monoisotopic (exact) mass is 199 g/mol. The molecule has 0 spiro atoms. The van der Waals surface area contributed by atoms with E-state index in [9.17, 15) is 4.79 Å². The number of likely N-dealkylation sites (tertiary alicyclic amines) is 1. The number of Topliss-reactive ketones (excluding diaryl/α,β-unsaturated/α-hetero) is 1. The molecule has 0 saturated carbocycles. The zero-order valence-corrected chi connectivity index (χ0v) is 9.45. The summed E-state index contributed by atoms with van der Waals surface area (Å²) in [6.07, 6.45) is 1.78. The molecule has 0 aliphatic carbocycles. The Labute approximate surface area is 86.4 Å². The molecule has 14 heavy (non-hydrogen) atoms. The number of carbonyl (C=O) groups is 1. The van der Waals surface area contributed by atoms with Crippen LogP contribution in [0.15, 0.2) is 0 Å². The molecule has 3 nitrogen and oxygen atoms in total. The minimum Gasteiger partial charge on any atom is -0.385 e. The standard InChI is InChI=1S/C11H21NO2/c1-9-10(2)12(6-4-8-14-3)7-5-11(9)13/h9-10H,4-8H2,1-3H3. The summed E-state index contributed by atoms with van der Waals surface area (Å²) < 4.78 is 5.02. The lowest BCUT2D eigenvalue weighted by atomic mass is 9.90. The van der Waals surface area contributed by atoms with E-state index in [1.165, 1.54) is 0 Å². The van der Waals surface area contributed by atoms with Crippen LogP contribution in [0.1, 0.15) is 26.7 Å². The summed E-state index contributed by atoms with van der Waals surface area (Å²) in [6, 6.07) is 0.396. The molecule has 0 bridgehead atoms. The summed E-state index contributed by atoms with van der Waals surface area (Å²) >= 11 is 0. The average molecular weight is 199 g/mol. The molecule has 2 unspecified atom stereocenters. The summed E-state index contributed by atoms with van der Waals surface area (Å²) in [5, 5.41) is 0. The molecule has 0 aromatic heterocycles. The molecule has 0 aromatic rings. The van der Waals surface area contributed by atoms with E-state index >= 15 is 0 Å². The second kappa shape index (κ2) is 5.47. The van der Waals surface area contributed by atoms with Gasteiger partial charge in [-0.2, -0.15) is 0 Å². The van der Waals surface area contributed by atoms with Crippen LogP contribution in [0.4, 0.5) is 0 Å². The lowest BCUT2D eigenvalue weighted by molar-refractivity contribution is -0.127. The minimum atomic E-state index is 0.200. The van der Waals surface area contributed by atoms with Gasteiger partial charge in [-0.25, -0.2) is 0 Å². The summed E-state index contributed by atoms with van der Waals surface area (Å²) in [6.45, 7) is 6.97. The van der Waals surface area contributed by atoms with Crippen molar-refractivity contribution in [2.75, 3.05) is 26.8 Å². The van der Waals surface area contributed by atoms with Crippen LogP contribution in [0.3, 0.4) is 0 Å². The summed E-state index contributed by atoms with van der Waals surface area (Å²) in [5.41, 5.74) is 0. The zero-order valence-electron chi connectivity index (χ0n) is 9.45. The van der Waals surface area contributed by atoms with Crippen molar-refractivity contribution in [1.82, 2.24) is 4.90 Å². The van der Waals surface area contributed by atoms with Crippen molar-refractivity contribution in [2.45, 2.75) is 32.7 Å². The molecule has 0 amide bonds. The van der Waals surface area contributed by atoms with Crippen molar-refractivity contribution < 1.29 is 9.53 Å². The van der Waals surface area contributed by atoms with E-state index in [4.69, 9.17) is 4.74 Å². The summed E-state index contributed by atoms with van der Waals surface area (Å²) in [4.78, 5) is 13.8. The van der Waals surface area contributed by atoms with Crippen LogP contribution >= 0.6 is 0 Å². The fourth-order valence-electron chi connectivity index (χ4n) is 2.00.